The number of benzene rings is 1. The Morgan fingerprint density at radius 3 is 2.73 bits per heavy atom. The van der Waals surface area contributed by atoms with E-state index in [1.54, 1.807) is 6.20 Å². The highest BCUT2D eigenvalue weighted by atomic mass is 32.1. The zero-order valence-electron chi connectivity index (χ0n) is 11.9. The molecular weight excluding hydrogens is 300 g/mol. The Morgan fingerprint density at radius 2 is 2.00 bits per heavy atom. The molecule has 1 aliphatic heterocycles. The lowest BCUT2D eigenvalue weighted by molar-refractivity contribution is -0.143. The molecule has 1 saturated heterocycles. The van der Waals surface area contributed by atoms with E-state index >= 15 is 0 Å². The van der Waals surface area contributed by atoms with E-state index < -0.39 is 12.0 Å². The van der Waals surface area contributed by atoms with Crippen molar-refractivity contribution >= 4 is 23.2 Å². The van der Waals surface area contributed by atoms with Gasteiger partial charge >= 0.3 is 5.97 Å². The summed E-state index contributed by atoms with van der Waals surface area (Å²) < 4.78 is 0. The fourth-order valence-electron chi connectivity index (χ4n) is 2.66. The van der Waals surface area contributed by atoms with Crippen molar-refractivity contribution in [2.45, 2.75) is 25.3 Å². The van der Waals surface area contributed by atoms with Crippen molar-refractivity contribution in [3.05, 3.63) is 41.4 Å². The van der Waals surface area contributed by atoms with Gasteiger partial charge in [0.15, 0.2) is 0 Å². The summed E-state index contributed by atoms with van der Waals surface area (Å²) in [5, 5.41) is 10.1. The Kier molecular flexibility index (Phi) is 4.20. The van der Waals surface area contributed by atoms with Gasteiger partial charge in [0.2, 0.25) is 0 Å². The predicted octanol–water partition coefficient (Wildman–Crippen LogP) is 2.89. The van der Waals surface area contributed by atoms with E-state index in [1.165, 1.54) is 16.2 Å². The second kappa shape index (κ2) is 6.27. The van der Waals surface area contributed by atoms with Gasteiger partial charge in [0.05, 0.1) is 6.20 Å². The quantitative estimate of drug-likeness (QED) is 0.945. The van der Waals surface area contributed by atoms with Gasteiger partial charge in [-0.1, -0.05) is 30.3 Å². The summed E-state index contributed by atoms with van der Waals surface area (Å²) in [5.74, 6) is -1.16. The first-order valence-corrected chi connectivity index (χ1v) is 8.03. The highest BCUT2D eigenvalue weighted by Gasteiger charge is 2.33. The molecule has 1 amide bonds. The van der Waals surface area contributed by atoms with Crippen LogP contribution in [0.5, 0.6) is 0 Å². The maximum Gasteiger partial charge on any atom is 0.326 e. The molecule has 3 rings (SSSR count). The molecule has 1 aliphatic rings. The Hall–Kier alpha value is -2.21. The number of hydrogen-bond donors (Lipinski definition) is 1. The predicted molar refractivity (Wildman–Crippen MR) is 83.9 cm³/mol. The van der Waals surface area contributed by atoms with Crippen LogP contribution in [0, 0.1) is 0 Å². The van der Waals surface area contributed by atoms with Crippen LogP contribution in [-0.2, 0) is 4.79 Å². The van der Waals surface area contributed by atoms with E-state index in [-0.39, 0.29) is 5.91 Å². The van der Waals surface area contributed by atoms with Gasteiger partial charge in [-0.2, -0.15) is 0 Å². The molecule has 1 N–H and O–H groups in total. The lowest BCUT2D eigenvalue weighted by Gasteiger charge is -2.32. The fourth-order valence-corrected chi connectivity index (χ4v) is 3.54. The summed E-state index contributed by atoms with van der Waals surface area (Å²) in [7, 11) is 0. The maximum absolute atomic E-state index is 12.6. The molecule has 1 aromatic carbocycles. The number of carboxylic acids is 1. The average Bonchev–Trinajstić information content (AvgIpc) is 3.05. The number of aliphatic carboxylic acids is 1. The van der Waals surface area contributed by atoms with Crippen molar-refractivity contribution in [3.63, 3.8) is 0 Å². The average molecular weight is 316 g/mol. The molecule has 114 valence electrons. The number of carbonyl (C=O) groups excluding carboxylic acids is 1. The minimum atomic E-state index is -0.930. The SMILES string of the molecule is O=C(O)[C@@H]1CCCCN1C(=O)c1cnc(-c2ccccc2)s1. The first kappa shape index (κ1) is 14.7. The molecule has 0 spiro atoms. The Labute approximate surface area is 132 Å². The van der Waals surface area contributed by atoms with Crippen molar-refractivity contribution in [2.24, 2.45) is 0 Å². The maximum atomic E-state index is 12.6. The summed E-state index contributed by atoms with van der Waals surface area (Å²) in [6.45, 7) is 0.494. The number of hydrogen-bond acceptors (Lipinski definition) is 4. The van der Waals surface area contributed by atoms with Crippen molar-refractivity contribution in [2.75, 3.05) is 6.54 Å². The number of carboxylic acid groups (broad SMARTS) is 1. The van der Waals surface area contributed by atoms with Gasteiger partial charge in [-0.15, -0.1) is 11.3 Å². The number of amides is 1. The van der Waals surface area contributed by atoms with Crippen molar-refractivity contribution in [1.29, 1.82) is 0 Å². The van der Waals surface area contributed by atoms with Gasteiger partial charge in [0, 0.05) is 12.1 Å². The molecule has 0 radical (unpaired) electrons. The largest absolute Gasteiger partial charge is 0.480 e. The van der Waals surface area contributed by atoms with Crippen LogP contribution in [0.4, 0.5) is 0 Å². The van der Waals surface area contributed by atoms with E-state index in [0.29, 0.717) is 17.8 Å². The molecule has 0 bridgehead atoms. The smallest absolute Gasteiger partial charge is 0.326 e. The van der Waals surface area contributed by atoms with Crippen LogP contribution < -0.4 is 0 Å². The Morgan fingerprint density at radius 1 is 1.23 bits per heavy atom. The molecule has 2 heterocycles. The summed E-state index contributed by atoms with van der Waals surface area (Å²) in [6, 6.07) is 8.92. The third kappa shape index (κ3) is 2.87. The number of carbonyl (C=O) groups is 2. The molecule has 1 atom stereocenters. The standard InChI is InChI=1S/C16H16N2O3S/c19-15(18-9-5-4-8-12(18)16(20)21)13-10-17-14(22-13)11-6-2-1-3-7-11/h1-3,6-7,10,12H,4-5,8-9H2,(H,20,21)/t12-/m0/s1. The Bertz CT molecular complexity index is 684. The molecule has 5 nitrogen and oxygen atoms in total. The molecule has 0 saturated carbocycles. The fraction of sp³-hybridized carbons (Fsp3) is 0.312. The molecule has 0 unspecified atom stereocenters. The summed E-state index contributed by atoms with van der Waals surface area (Å²) >= 11 is 1.31. The molecule has 22 heavy (non-hydrogen) atoms. The zero-order valence-corrected chi connectivity index (χ0v) is 12.8. The molecule has 2 aromatic rings. The zero-order chi connectivity index (χ0) is 15.5. The molecule has 1 fully saturated rings. The second-order valence-corrected chi connectivity index (χ2v) is 6.27. The minimum absolute atomic E-state index is 0.230. The molecular formula is C16H16N2O3S. The van der Waals surface area contributed by atoms with Gasteiger partial charge in [0.1, 0.15) is 15.9 Å². The lowest BCUT2D eigenvalue weighted by Crippen LogP contribution is -2.47. The van der Waals surface area contributed by atoms with Crippen LogP contribution in [0.25, 0.3) is 10.6 Å². The topological polar surface area (TPSA) is 70.5 Å². The minimum Gasteiger partial charge on any atom is -0.480 e. The third-order valence-electron chi connectivity index (χ3n) is 3.79. The van der Waals surface area contributed by atoms with Crippen LogP contribution in [0.2, 0.25) is 0 Å². The third-order valence-corrected chi connectivity index (χ3v) is 4.82. The van der Waals surface area contributed by atoms with Crippen LogP contribution in [0.15, 0.2) is 36.5 Å². The van der Waals surface area contributed by atoms with Crippen molar-refractivity contribution in [3.8, 4) is 10.6 Å². The second-order valence-electron chi connectivity index (χ2n) is 5.24. The number of likely N-dealkylation sites (tertiary alicyclic amines) is 1. The lowest BCUT2D eigenvalue weighted by atomic mass is 10.0. The van der Waals surface area contributed by atoms with Gasteiger partial charge in [-0.3, -0.25) is 4.79 Å². The van der Waals surface area contributed by atoms with E-state index in [0.717, 1.165) is 23.4 Å². The highest BCUT2D eigenvalue weighted by molar-refractivity contribution is 7.16. The first-order valence-electron chi connectivity index (χ1n) is 7.22. The number of rotatable bonds is 3. The van der Waals surface area contributed by atoms with Crippen LogP contribution >= 0.6 is 11.3 Å². The number of piperidine rings is 1. The van der Waals surface area contributed by atoms with Crippen LogP contribution in [0.1, 0.15) is 28.9 Å². The summed E-state index contributed by atoms with van der Waals surface area (Å²) in [6.07, 6.45) is 3.76. The van der Waals surface area contributed by atoms with E-state index in [1.807, 2.05) is 30.3 Å². The van der Waals surface area contributed by atoms with E-state index in [9.17, 15) is 14.7 Å². The normalized spacial score (nSPS) is 18.2. The molecule has 0 aliphatic carbocycles. The van der Waals surface area contributed by atoms with Crippen LogP contribution in [0.3, 0.4) is 0 Å². The van der Waals surface area contributed by atoms with Gasteiger partial charge < -0.3 is 10.0 Å². The monoisotopic (exact) mass is 316 g/mol. The van der Waals surface area contributed by atoms with Crippen molar-refractivity contribution < 1.29 is 14.7 Å². The number of thiazole rings is 1. The highest BCUT2D eigenvalue weighted by Crippen LogP contribution is 2.27. The van der Waals surface area contributed by atoms with Gasteiger partial charge in [-0.25, -0.2) is 9.78 Å². The molecule has 6 heteroatoms. The molecule has 1 aromatic heterocycles. The van der Waals surface area contributed by atoms with Crippen LogP contribution in [-0.4, -0.2) is 39.5 Å². The van der Waals surface area contributed by atoms with E-state index in [2.05, 4.69) is 4.98 Å². The first-order chi connectivity index (χ1) is 10.7. The number of aromatic nitrogens is 1. The van der Waals surface area contributed by atoms with Gasteiger partial charge in [0.25, 0.3) is 5.91 Å². The Balaban J connectivity index is 1.83. The van der Waals surface area contributed by atoms with Gasteiger partial charge in [-0.05, 0) is 19.3 Å². The summed E-state index contributed by atoms with van der Waals surface area (Å²) in [4.78, 5) is 30.2. The van der Waals surface area contributed by atoms with Crippen molar-refractivity contribution in [1.82, 2.24) is 9.88 Å². The summed E-state index contributed by atoms with van der Waals surface area (Å²) in [5.41, 5.74) is 0.958. The van der Waals surface area contributed by atoms with E-state index in [4.69, 9.17) is 0 Å². The number of nitrogens with zero attached hydrogens (tertiary/aromatic N) is 2.